The fourth-order valence-electron chi connectivity index (χ4n) is 1.04. The van der Waals surface area contributed by atoms with Crippen molar-refractivity contribution in [2.24, 2.45) is 0 Å². The van der Waals surface area contributed by atoms with E-state index in [2.05, 4.69) is 0 Å². The maximum absolute atomic E-state index is 5.22. The van der Waals surface area contributed by atoms with Crippen LogP contribution in [0.25, 0.3) is 0 Å². The van der Waals surface area contributed by atoms with E-state index in [-0.39, 0.29) is 6.10 Å². The highest BCUT2D eigenvalue weighted by Gasteiger charge is 2.15. The van der Waals surface area contributed by atoms with Crippen LogP contribution in [-0.2, 0) is 4.74 Å². The van der Waals surface area contributed by atoms with Gasteiger partial charge in [-0.05, 0) is 18.2 Å². The molecule has 1 aliphatic heterocycles. The van der Waals surface area contributed by atoms with Crippen molar-refractivity contribution in [1.82, 2.24) is 0 Å². The summed E-state index contributed by atoms with van der Waals surface area (Å²) in [7, 11) is 0. The van der Waals surface area contributed by atoms with Crippen LogP contribution in [-0.4, -0.2) is 0 Å². The second kappa shape index (κ2) is 2.21. The van der Waals surface area contributed by atoms with Gasteiger partial charge in [0.15, 0.2) is 6.10 Å². The molecule has 2 rings (SSSR count). The highest BCUT2D eigenvalue weighted by atomic mass is 16.5. The van der Waals surface area contributed by atoms with Crippen LogP contribution < -0.4 is 0 Å². The third kappa shape index (κ3) is 0.817. The average molecular weight is 136 g/mol. The fraction of sp³-hybridized carbons (Fsp3) is 0.250. The predicted molar refractivity (Wildman–Crippen MR) is 36.3 cm³/mol. The van der Waals surface area contributed by atoms with E-state index in [9.17, 15) is 0 Å². The van der Waals surface area contributed by atoms with E-state index >= 15 is 0 Å². The van der Waals surface area contributed by atoms with Gasteiger partial charge < -0.3 is 9.15 Å². The number of hydrogen-bond donors (Lipinski definition) is 0. The molecule has 1 atom stereocenters. The number of rotatable bonds is 1. The molecule has 0 saturated heterocycles. The SMILES string of the molecule is C1=COC(c2ccco2)C1. The molecule has 2 heterocycles. The van der Waals surface area contributed by atoms with Gasteiger partial charge in [0, 0.05) is 6.42 Å². The van der Waals surface area contributed by atoms with Crippen LogP contribution in [0.1, 0.15) is 18.3 Å². The van der Waals surface area contributed by atoms with Gasteiger partial charge in [-0.25, -0.2) is 0 Å². The first-order valence-electron chi connectivity index (χ1n) is 3.31. The highest BCUT2D eigenvalue weighted by Crippen LogP contribution is 2.26. The largest absolute Gasteiger partial charge is 0.490 e. The number of furan rings is 1. The van der Waals surface area contributed by atoms with Crippen LogP contribution >= 0.6 is 0 Å². The van der Waals surface area contributed by atoms with Crippen molar-refractivity contribution in [2.75, 3.05) is 0 Å². The van der Waals surface area contributed by atoms with Crippen molar-refractivity contribution < 1.29 is 9.15 Å². The van der Waals surface area contributed by atoms with Gasteiger partial charge in [-0.2, -0.15) is 0 Å². The summed E-state index contributed by atoms with van der Waals surface area (Å²) in [6.45, 7) is 0. The smallest absolute Gasteiger partial charge is 0.159 e. The summed E-state index contributed by atoms with van der Waals surface area (Å²) in [6.07, 6.45) is 6.42. The van der Waals surface area contributed by atoms with E-state index < -0.39 is 0 Å². The molecular weight excluding hydrogens is 128 g/mol. The molecule has 1 aliphatic rings. The van der Waals surface area contributed by atoms with Crippen molar-refractivity contribution in [3.63, 3.8) is 0 Å². The Morgan fingerprint density at radius 3 is 3.10 bits per heavy atom. The fourth-order valence-corrected chi connectivity index (χ4v) is 1.04. The van der Waals surface area contributed by atoms with Crippen LogP contribution in [0.4, 0.5) is 0 Å². The minimum Gasteiger partial charge on any atom is -0.490 e. The highest BCUT2D eigenvalue weighted by molar-refractivity contribution is 5.06. The van der Waals surface area contributed by atoms with Gasteiger partial charge in [-0.3, -0.25) is 0 Å². The van der Waals surface area contributed by atoms with Gasteiger partial charge >= 0.3 is 0 Å². The second-order valence-corrected chi connectivity index (χ2v) is 2.25. The van der Waals surface area contributed by atoms with Crippen molar-refractivity contribution >= 4 is 0 Å². The molecule has 52 valence electrons. The summed E-state index contributed by atoms with van der Waals surface area (Å²) in [5.41, 5.74) is 0. The third-order valence-corrected chi connectivity index (χ3v) is 1.55. The Bertz CT molecular complexity index is 215. The molecule has 0 spiro atoms. The number of hydrogen-bond acceptors (Lipinski definition) is 2. The average Bonchev–Trinajstić information content (AvgIpc) is 2.59. The van der Waals surface area contributed by atoms with Crippen LogP contribution in [0, 0.1) is 0 Å². The zero-order valence-corrected chi connectivity index (χ0v) is 5.49. The molecular formula is C8H8O2. The molecule has 2 heteroatoms. The minimum absolute atomic E-state index is 0.120. The maximum atomic E-state index is 5.22. The monoisotopic (exact) mass is 136 g/mol. The van der Waals surface area contributed by atoms with Gasteiger partial charge in [-0.1, -0.05) is 0 Å². The van der Waals surface area contributed by atoms with E-state index in [1.165, 1.54) is 0 Å². The van der Waals surface area contributed by atoms with Gasteiger partial charge in [0.1, 0.15) is 5.76 Å². The van der Waals surface area contributed by atoms with E-state index in [4.69, 9.17) is 9.15 Å². The predicted octanol–water partition coefficient (Wildman–Crippen LogP) is 2.25. The molecule has 1 aromatic rings. The Hall–Kier alpha value is -1.18. The molecule has 0 radical (unpaired) electrons. The molecule has 0 fully saturated rings. The first kappa shape index (κ1) is 5.59. The molecule has 0 aromatic carbocycles. The van der Waals surface area contributed by atoms with Crippen LogP contribution in [0.5, 0.6) is 0 Å². The van der Waals surface area contributed by atoms with Gasteiger partial charge in [0.05, 0.1) is 12.5 Å². The molecule has 0 amide bonds. The summed E-state index contributed by atoms with van der Waals surface area (Å²) < 4.78 is 10.4. The Labute approximate surface area is 59.1 Å². The lowest BCUT2D eigenvalue weighted by Gasteiger charge is -2.04. The minimum atomic E-state index is 0.120. The zero-order chi connectivity index (χ0) is 6.81. The molecule has 0 aliphatic carbocycles. The topological polar surface area (TPSA) is 22.4 Å². The van der Waals surface area contributed by atoms with Gasteiger partial charge in [0.2, 0.25) is 0 Å². The van der Waals surface area contributed by atoms with E-state index in [0.29, 0.717) is 0 Å². The summed E-state index contributed by atoms with van der Waals surface area (Å²) in [4.78, 5) is 0. The molecule has 0 bridgehead atoms. The first-order chi connectivity index (χ1) is 4.97. The Balaban J connectivity index is 2.14. The molecule has 10 heavy (non-hydrogen) atoms. The standard InChI is InChI=1S/C8H8O2/c1-3-7(9-5-1)8-4-2-6-10-8/h1-3,5-6,8H,4H2. The Kier molecular flexibility index (Phi) is 1.24. The molecule has 2 nitrogen and oxygen atoms in total. The lowest BCUT2D eigenvalue weighted by molar-refractivity contribution is 0.147. The summed E-state index contributed by atoms with van der Waals surface area (Å²) in [5.74, 6) is 0.907. The normalized spacial score (nSPS) is 23.0. The van der Waals surface area contributed by atoms with E-state index in [1.807, 2.05) is 18.2 Å². The van der Waals surface area contributed by atoms with Crippen molar-refractivity contribution in [2.45, 2.75) is 12.5 Å². The Morgan fingerprint density at radius 2 is 2.50 bits per heavy atom. The molecule has 1 aromatic heterocycles. The van der Waals surface area contributed by atoms with Crippen LogP contribution in [0.2, 0.25) is 0 Å². The van der Waals surface area contributed by atoms with Crippen LogP contribution in [0.15, 0.2) is 35.2 Å². The van der Waals surface area contributed by atoms with Crippen molar-refractivity contribution in [1.29, 1.82) is 0 Å². The third-order valence-electron chi connectivity index (χ3n) is 1.55. The van der Waals surface area contributed by atoms with E-state index in [1.54, 1.807) is 12.5 Å². The maximum Gasteiger partial charge on any atom is 0.159 e. The van der Waals surface area contributed by atoms with Crippen molar-refractivity contribution in [3.8, 4) is 0 Å². The molecule has 1 unspecified atom stereocenters. The lowest BCUT2D eigenvalue weighted by Crippen LogP contribution is -1.91. The molecule has 0 N–H and O–H groups in total. The Morgan fingerprint density at radius 1 is 1.50 bits per heavy atom. The summed E-state index contributed by atoms with van der Waals surface area (Å²) in [6, 6.07) is 3.80. The summed E-state index contributed by atoms with van der Waals surface area (Å²) in [5, 5.41) is 0. The zero-order valence-electron chi connectivity index (χ0n) is 5.49. The van der Waals surface area contributed by atoms with Gasteiger partial charge in [0.25, 0.3) is 0 Å². The van der Waals surface area contributed by atoms with Crippen LogP contribution in [0.3, 0.4) is 0 Å². The quantitative estimate of drug-likeness (QED) is 0.590. The summed E-state index contributed by atoms with van der Waals surface area (Å²) >= 11 is 0. The first-order valence-corrected chi connectivity index (χ1v) is 3.31. The van der Waals surface area contributed by atoms with E-state index in [0.717, 1.165) is 12.2 Å². The number of ether oxygens (including phenoxy) is 1. The lowest BCUT2D eigenvalue weighted by atomic mass is 10.2. The van der Waals surface area contributed by atoms with Crippen molar-refractivity contribution in [3.05, 3.63) is 36.5 Å². The van der Waals surface area contributed by atoms with Gasteiger partial charge in [-0.15, -0.1) is 0 Å². The second-order valence-electron chi connectivity index (χ2n) is 2.25. The molecule has 0 saturated carbocycles.